The summed E-state index contributed by atoms with van der Waals surface area (Å²) >= 11 is 0. The van der Waals surface area contributed by atoms with E-state index in [9.17, 15) is 4.79 Å². The topological polar surface area (TPSA) is 43.6 Å². The quantitative estimate of drug-likeness (QED) is 0.181. The number of fused-ring (bicyclic) bond motifs is 3. The smallest absolute Gasteiger partial charge is 0.318 e. The van der Waals surface area contributed by atoms with Gasteiger partial charge in [-0.05, 0) is 70.8 Å². The van der Waals surface area contributed by atoms with Gasteiger partial charge in [0.2, 0.25) is 0 Å². The van der Waals surface area contributed by atoms with E-state index in [1.807, 2.05) is 19.1 Å². The summed E-state index contributed by atoms with van der Waals surface area (Å²) in [6.07, 6.45) is 0. The lowest BCUT2D eigenvalue weighted by Gasteiger charge is -2.19. The van der Waals surface area contributed by atoms with Gasteiger partial charge in [-0.15, -0.1) is 0 Å². The molecule has 4 rings (SSSR count). The van der Waals surface area contributed by atoms with Crippen molar-refractivity contribution in [2.24, 2.45) is 5.16 Å². The average Bonchev–Trinajstić information content (AvgIpc) is 3.09. The van der Waals surface area contributed by atoms with Crippen LogP contribution in [0.1, 0.15) is 72.1 Å². The minimum atomic E-state index is -0.425. The van der Waals surface area contributed by atoms with Crippen LogP contribution in [0.3, 0.4) is 0 Å². The number of aromatic nitrogens is 1. The second-order valence-corrected chi connectivity index (χ2v) is 11.1. The molecular weight excluding hydrogens is 420 g/mol. The normalized spacial score (nSPS) is 13.0. The molecule has 0 atom stereocenters. The van der Waals surface area contributed by atoms with E-state index in [0.29, 0.717) is 5.71 Å². The van der Waals surface area contributed by atoms with Crippen LogP contribution in [0.2, 0.25) is 0 Å². The Kier molecular flexibility index (Phi) is 5.89. The van der Waals surface area contributed by atoms with Crippen LogP contribution < -0.4 is 0 Å². The number of nitrogens with zero attached hydrogens (tertiary/aromatic N) is 2. The fraction of sp³-hybridized carbons (Fsp3) is 0.333. The van der Waals surface area contributed by atoms with Gasteiger partial charge in [0.05, 0.1) is 16.7 Å². The van der Waals surface area contributed by atoms with Crippen LogP contribution in [0.25, 0.3) is 27.5 Å². The maximum absolute atomic E-state index is 11.1. The Hall–Kier alpha value is -3.40. The van der Waals surface area contributed by atoms with Gasteiger partial charge in [-0.25, -0.2) is 4.79 Å². The van der Waals surface area contributed by atoms with Crippen molar-refractivity contribution in [3.8, 4) is 5.69 Å². The number of carbonyl (C=O) groups is 1. The molecule has 0 spiro atoms. The monoisotopic (exact) mass is 454 g/mol. The van der Waals surface area contributed by atoms with Crippen molar-refractivity contribution in [2.45, 2.75) is 66.2 Å². The lowest BCUT2D eigenvalue weighted by atomic mass is 9.85. The number of hydrogen-bond acceptors (Lipinski definition) is 3. The van der Waals surface area contributed by atoms with Crippen LogP contribution in [0.15, 0.2) is 65.8 Å². The predicted molar refractivity (Wildman–Crippen MR) is 142 cm³/mol. The van der Waals surface area contributed by atoms with Crippen LogP contribution in [-0.2, 0) is 20.5 Å². The Morgan fingerprint density at radius 1 is 0.735 bits per heavy atom. The Labute approximate surface area is 202 Å². The summed E-state index contributed by atoms with van der Waals surface area (Å²) in [5.41, 5.74) is 7.83. The summed E-state index contributed by atoms with van der Waals surface area (Å²) in [6, 6.07) is 21.9. The summed E-state index contributed by atoms with van der Waals surface area (Å²) in [4.78, 5) is 15.9. The molecule has 1 heterocycles. The van der Waals surface area contributed by atoms with Crippen molar-refractivity contribution in [3.63, 3.8) is 0 Å². The van der Waals surface area contributed by atoms with Crippen LogP contribution in [0.4, 0.5) is 0 Å². The van der Waals surface area contributed by atoms with E-state index in [4.69, 9.17) is 4.84 Å². The summed E-state index contributed by atoms with van der Waals surface area (Å²) < 4.78 is 2.33. The maximum atomic E-state index is 11.1. The Morgan fingerprint density at radius 2 is 1.21 bits per heavy atom. The van der Waals surface area contributed by atoms with Crippen molar-refractivity contribution >= 4 is 33.5 Å². The van der Waals surface area contributed by atoms with Gasteiger partial charge in [0, 0.05) is 23.4 Å². The van der Waals surface area contributed by atoms with Gasteiger partial charge >= 0.3 is 5.97 Å². The second kappa shape index (κ2) is 8.43. The molecule has 0 aliphatic heterocycles. The van der Waals surface area contributed by atoms with Gasteiger partial charge < -0.3 is 9.40 Å². The van der Waals surface area contributed by atoms with Crippen LogP contribution in [0, 0.1) is 0 Å². The molecule has 4 nitrogen and oxygen atoms in total. The standard InChI is InChI=1S/C30H34N2O2/c1-19(31-34-20(2)33)21-9-13-24(14-10-21)32-27-15-11-22(29(3,4)5)17-25(27)26-18-23(30(6,7)8)12-16-28(26)32/h9-18H,1-8H3/b31-19+. The zero-order valence-corrected chi connectivity index (χ0v) is 21.5. The van der Waals surface area contributed by atoms with Gasteiger partial charge in [0.15, 0.2) is 0 Å². The fourth-order valence-corrected chi connectivity index (χ4v) is 4.27. The molecule has 0 radical (unpaired) electrons. The molecular formula is C30H34N2O2. The second-order valence-electron chi connectivity index (χ2n) is 11.1. The minimum Gasteiger partial charge on any atom is -0.318 e. The van der Waals surface area contributed by atoms with Crippen molar-refractivity contribution < 1.29 is 9.63 Å². The Balaban J connectivity index is 1.93. The highest BCUT2D eigenvalue weighted by Gasteiger charge is 2.20. The van der Waals surface area contributed by atoms with E-state index in [2.05, 4.69) is 99.8 Å². The molecule has 4 heteroatoms. The number of carbonyl (C=O) groups excluding carboxylic acids is 1. The lowest BCUT2D eigenvalue weighted by molar-refractivity contribution is -0.140. The van der Waals surface area contributed by atoms with Gasteiger partial charge in [0.25, 0.3) is 0 Å². The number of rotatable bonds is 3. The molecule has 0 saturated heterocycles. The van der Waals surface area contributed by atoms with Gasteiger partial charge in [-0.3, -0.25) is 0 Å². The summed E-state index contributed by atoms with van der Waals surface area (Å²) in [5, 5.41) is 6.45. The lowest BCUT2D eigenvalue weighted by Crippen LogP contribution is -2.10. The number of benzene rings is 3. The average molecular weight is 455 g/mol. The molecule has 0 fully saturated rings. The van der Waals surface area contributed by atoms with Gasteiger partial charge in [-0.2, -0.15) is 0 Å². The number of oxime groups is 1. The number of hydrogen-bond donors (Lipinski definition) is 0. The molecule has 0 aliphatic carbocycles. The zero-order chi connectivity index (χ0) is 24.8. The van der Waals surface area contributed by atoms with Crippen molar-refractivity contribution in [2.75, 3.05) is 0 Å². The van der Waals surface area contributed by atoms with Crippen molar-refractivity contribution in [1.29, 1.82) is 0 Å². The molecule has 0 N–H and O–H groups in total. The Morgan fingerprint density at radius 3 is 1.62 bits per heavy atom. The highest BCUT2D eigenvalue weighted by Crippen LogP contribution is 2.37. The molecule has 3 aromatic carbocycles. The zero-order valence-electron chi connectivity index (χ0n) is 21.5. The van der Waals surface area contributed by atoms with Gasteiger partial charge in [-0.1, -0.05) is 71.0 Å². The van der Waals surface area contributed by atoms with E-state index >= 15 is 0 Å². The third-order valence-electron chi connectivity index (χ3n) is 6.35. The third-order valence-corrected chi connectivity index (χ3v) is 6.35. The van der Waals surface area contributed by atoms with Crippen molar-refractivity contribution in [1.82, 2.24) is 4.57 Å². The highest BCUT2D eigenvalue weighted by molar-refractivity contribution is 6.10. The largest absolute Gasteiger partial charge is 0.331 e. The molecule has 0 amide bonds. The molecule has 4 aromatic rings. The van der Waals surface area contributed by atoms with E-state index in [-0.39, 0.29) is 10.8 Å². The third kappa shape index (κ3) is 4.50. The van der Waals surface area contributed by atoms with Crippen LogP contribution in [0.5, 0.6) is 0 Å². The first kappa shape index (κ1) is 23.7. The van der Waals surface area contributed by atoms with Crippen LogP contribution in [-0.4, -0.2) is 16.2 Å². The molecule has 0 bridgehead atoms. The maximum Gasteiger partial charge on any atom is 0.331 e. The van der Waals surface area contributed by atoms with Crippen molar-refractivity contribution in [3.05, 3.63) is 77.4 Å². The fourth-order valence-electron chi connectivity index (χ4n) is 4.27. The molecule has 1 aromatic heterocycles. The van der Waals surface area contributed by atoms with E-state index in [0.717, 1.165) is 11.3 Å². The summed E-state index contributed by atoms with van der Waals surface area (Å²) in [5.74, 6) is -0.425. The summed E-state index contributed by atoms with van der Waals surface area (Å²) in [6.45, 7) is 16.7. The van der Waals surface area contributed by atoms with E-state index < -0.39 is 5.97 Å². The van der Waals surface area contributed by atoms with E-state index in [1.54, 1.807) is 0 Å². The first-order valence-corrected chi connectivity index (χ1v) is 11.8. The molecule has 176 valence electrons. The van der Waals surface area contributed by atoms with Crippen LogP contribution >= 0.6 is 0 Å². The molecule has 34 heavy (non-hydrogen) atoms. The first-order valence-electron chi connectivity index (χ1n) is 11.8. The predicted octanol–water partition coefficient (Wildman–Crippen LogP) is 7.67. The SMILES string of the molecule is CC(=O)O/N=C(\C)c1ccc(-n2c3ccc(C(C)(C)C)cc3c3cc(C(C)(C)C)ccc32)cc1. The molecule has 0 unspecified atom stereocenters. The van der Waals surface area contributed by atoms with Gasteiger partial charge in [0.1, 0.15) is 0 Å². The Bertz CT molecular complexity index is 1340. The molecule has 0 saturated carbocycles. The summed E-state index contributed by atoms with van der Waals surface area (Å²) in [7, 11) is 0. The molecule has 0 aliphatic rings. The van der Waals surface area contributed by atoms with E-state index in [1.165, 1.54) is 39.9 Å². The first-order chi connectivity index (χ1) is 15.9. The highest BCUT2D eigenvalue weighted by atomic mass is 16.7. The minimum absolute atomic E-state index is 0.0741.